The Balaban J connectivity index is 1.64. The molecule has 2 aromatic carbocycles. The van der Waals surface area contributed by atoms with E-state index in [0.29, 0.717) is 5.02 Å². The average Bonchev–Trinajstić information content (AvgIpc) is 2.61. The summed E-state index contributed by atoms with van der Waals surface area (Å²) in [5.74, 6) is -0.651. The highest BCUT2D eigenvalue weighted by molar-refractivity contribution is 6.31. The highest BCUT2D eigenvalue weighted by atomic mass is 35.5. The maximum Gasteiger partial charge on any atom is 0.258 e. The fraction of sp³-hybridized carbons (Fsp3) is 0.263. The van der Waals surface area contributed by atoms with Crippen LogP contribution in [0.4, 0.5) is 0 Å². The van der Waals surface area contributed by atoms with Gasteiger partial charge in [-0.1, -0.05) is 35.9 Å². The molecule has 1 aliphatic rings. The second-order valence-corrected chi connectivity index (χ2v) is 6.44. The predicted molar refractivity (Wildman–Crippen MR) is 95.7 cm³/mol. The van der Waals surface area contributed by atoms with Crippen LogP contribution >= 0.6 is 11.6 Å². The maximum absolute atomic E-state index is 12.3. The zero-order valence-corrected chi connectivity index (χ0v) is 14.4. The first-order chi connectivity index (χ1) is 12.0. The molecule has 25 heavy (non-hydrogen) atoms. The monoisotopic (exact) mass is 358 g/mol. The summed E-state index contributed by atoms with van der Waals surface area (Å²) in [6, 6.07) is 12.7. The Hall–Kier alpha value is -2.53. The number of hydrogen-bond donors (Lipinski definition) is 2. The van der Waals surface area contributed by atoms with Crippen LogP contribution in [0.2, 0.25) is 5.02 Å². The van der Waals surface area contributed by atoms with Gasteiger partial charge in [-0.25, -0.2) is 0 Å². The molecular formula is C19H19ClN2O3. The van der Waals surface area contributed by atoms with Gasteiger partial charge in [0, 0.05) is 5.02 Å². The molecule has 2 amide bonds. The van der Waals surface area contributed by atoms with Gasteiger partial charge >= 0.3 is 0 Å². The van der Waals surface area contributed by atoms with Crippen LogP contribution in [0.3, 0.4) is 0 Å². The third-order valence-corrected chi connectivity index (χ3v) is 4.51. The quantitative estimate of drug-likeness (QED) is 0.862. The number of rotatable bonds is 5. The summed E-state index contributed by atoms with van der Waals surface area (Å²) in [7, 11) is 0. The molecule has 1 atom stereocenters. The molecule has 0 saturated carbocycles. The van der Waals surface area contributed by atoms with E-state index in [9.17, 15) is 9.59 Å². The molecule has 130 valence electrons. The van der Waals surface area contributed by atoms with E-state index in [1.165, 1.54) is 17.7 Å². The van der Waals surface area contributed by atoms with Crippen LogP contribution in [-0.4, -0.2) is 18.4 Å². The molecule has 0 radical (unpaired) electrons. The van der Waals surface area contributed by atoms with Gasteiger partial charge < -0.3 is 15.8 Å². The second-order valence-electron chi connectivity index (χ2n) is 6.00. The van der Waals surface area contributed by atoms with Crippen LogP contribution in [-0.2, 0) is 11.2 Å². The normalized spacial score (nSPS) is 16.0. The lowest BCUT2D eigenvalue weighted by Crippen LogP contribution is -2.34. The van der Waals surface area contributed by atoms with Crippen molar-refractivity contribution < 1.29 is 14.3 Å². The van der Waals surface area contributed by atoms with Gasteiger partial charge in [0.05, 0.1) is 11.6 Å². The van der Waals surface area contributed by atoms with E-state index < -0.39 is 5.91 Å². The SMILES string of the molecule is NC(=O)c1cc(Cl)ccc1OCC(=O)NC1CCCc2ccccc21. The van der Waals surface area contributed by atoms with Gasteiger partial charge in [-0.3, -0.25) is 9.59 Å². The Kier molecular flexibility index (Phi) is 5.24. The number of carbonyl (C=O) groups excluding carboxylic acids is 2. The number of benzene rings is 2. The maximum atomic E-state index is 12.3. The number of hydrogen-bond acceptors (Lipinski definition) is 3. The van der Waals surface area contributed by atoms with Crippen molar-refractivity contribution in [3.63, 3.8) is 0 Å². The summed E-state index contributed by atoms with van der Waals surface area (Å²) in [5, 5.41) is 3.38. The molecule has 3 N–H and O–H groups in total. The summed E-state index contributed by atoms with van der Waals surface area (Å²) in [6.07, 6.45) is 2.97. The molecule has 0 aliphatic heterocycles. The minimum atomic E-state index is -0.654. The van der Waals surface area contributed by atoms with Gasteiger partial charge in [0.25, 0.3) is 11.8 Å². The fourth-order valence-corrected chi connectivity index (χ4v) is 3.28. The van der Waals surface area contributed by atoms with Gasteiger partial charge in [0.2, 0.25) is 0 Å². The Bertz CT molecular complexity index is 807. The Morgan fingerprint density at radius 1 is 1.24 bits per heavy atom. The zero-order valence-electron chi connectivity index (χ0n) is 13.6. The van der Waals surface area contributed by atoms with Crippen molar-refractivity contribution >= 4 is 23.4 Å². The number of halogens is 1. The largest absolute Gasteiger partial charge is 0.483 e. The summed E-state index contributed by atoms with van der Waals surface area (Å²) >= 11 is 5.86. The van der Waals surface area contributed by atoms with Crippen LogP contribution in [0.1, 0.15) is 40.4 Å². The molecule has 5 nitrogen and oxygen atoms in total. The molecule has 2 aromatic rings. The van der Waals surface area contributed by atoms with Gasteiger partial charge in [-0.2, -0.15) is 0 Å². The number of amides is 2. The van der Waals surface area contributed by atoms with Gasteiger partial charge in [0.1, 0.15) is 5.75 Å². The fourth-order valence-electron chi connectivity index (χ4n) is 3.10. The highest BCUT2D eigenvalue weighted by Crippen LogP contribution is 2.29. The molecule has 0 fully saturated rings. The molecule has 0 saturated heterocycles. The number of fused-ring (bicyclic) bond motifs is 1. The molecule has 0 bridgehead atoms. The zero-order chi connectivity index (χ0) is 17.8. The molecule has 3 rings (SSSR count). The van der Waals surface area contributed by atoms with E-state index in [-0.39, 0.29) is 29.9 Å². The first-order valence-electron chi connectivity index (χ1n) is 8.14. The van der Waals surface area contributed by atoms with Gasteiger partial charge in [-0.15, -0.1) is 0 Å². The van der Waals surface area contributed by atoms with Gasteiger partial charge in [0.15, 0.2) is 6.61 Å². The Morgan fingerprint density at radius 3 is 2.84 bits per heavy atom. The smallest absolute Gasteiger partial charge is 0.258 e. The molecular weight excluding hydrogens is 340 g/mol. The first-order valence-corrected chi connectivity index (χ1v) is 8.51. The molecule has 0 heterocycles. The summed E-state index contributed by atoms with van der Waals surface area (Å²) in [5.41, 5.74) is 7.90. The average molecular weight is 359 g/mol. The van der Waals surface area contributed by atoms with E-state index in [1.807, 2.05) is 18.2 Å². The number of nitrogens with two attached hydrogens (primary N) is 1. The lowest BCUT2D eigenvalue weighted by molar-refractivity contribution is -0.124. The van der Waals surface area contributed by atoms with Crippen molar-refractivity contribution in [2.45, 2.75) is 25.3 Å². The lowest BCUT2D eigenvalue weighted by Gasteiger charge is -2.26. The van der Waals surface area contributed by atoms with Crippen molar-refractivity contribution in [3.05, 3.63) is 64.2 Å². The van der Waals surface area contributed by atoms with E-state index in [2.05, 4.69) is 11.4 Å². The van der Waals surface area contributed by atoms with E-state index in [4.69, 9.17) is 22.1 Å². The van der Waals surface area contributed by atoms with Crippen molar-refractivity contribution in [3.8, 4) is 5.75 Å². The Labute approximate surface area is 151 Å². The number of nitrogens with one attached hydrogen (secondary N) is 1. The number of ether oxygens (including phenoxy) is 1. The van der Waals surface area contributed by atoms with E-state index >= 15 is 0 Å². The van der Waals surface area contributed by atoms with E-state index in [0.717, 1.165) is 24.8 Å². The second kappa shape index (κ2) is 7.57. The third-order valence-electron chi connectivity index (χ3n) is 4.27. The highest BCUT2D eigenvalue weighted by Gasteiger charge is 2.21. The van der Waals surface area contributed by atoms with Crippen LogP contribution in [0, 0.1) is 0 Å². The number of carbonyl (C=O) groups is 2. The van der Waals surface area contributed by atoms with Crippen LogP contribution in [0.5, 0.6) is 5.75 Å². The van der Waals surface area contributed by atoms with Gasteiger partial charge in [-0.05, 0) is 48.6 Å². The first kappa shape index (κ1) is 17.3. The Morgan fingerprint density at radius 2 is 2.04 bits per heavy atom. The number of primary amides is 1. The number of aryl methyl sites for hydroxylation is 1. The standard InChI is InChI=1S/C19H19ClN2O3/c20-13-8-9-17(15(10-13)19(21)24)25-11-18(23)22-16-7-3-5-12-4-1-2-6-14(12)16/h1-2,4,6,8-10,16H,3,5,7,11H2,(H2,21,24)(H,22,23). The van der Waals surface area contributed by atoms with Crippen LogP contribution < -0.4 is 15.8 Å². The molecule has 1 unspecified atom stereocenters. The van der Waals surface area contributed by atoms with Crippen LogP contribution in [0.25, 0.3) is 0 Å². The van der Waals surface area contributed by atoms with Crippen molar-refractivity contribution in [1.82, 2.24) is 5.32 Å². The van der Waals surface area contributed by atoms with Crippen molar-refractivity contribution in [2.75, 3.05) is 6.61 Å². The summed E-state index contributed by atoms with van der Waals surface area (Å²) < 4.78 is 5.47. The molecule has 1 aliphatic carbocycles. The summed E-state index contributed by atoms with van der Waals surface area (Å²) in [4.78, 5) is 23.7. The minimum absolute atomic E-state index is 0.0121. The summed E-state index contributed by atoms with van der Waals surface area (Å²) in [6.45, 7) is -0.194. The van der Waals surface area contributed by atoms with E-state index in [1.54, 1.807) is 6.07 Å². The molecule has 6 heteroatoms. The third kappa shape index (κ3) is 4.12. The lowest BCUT2D eigenvalue weighted by atomic mass is 9.88. The molecule has 0 aromatic heterocycles. The van der Waals surface area contributed by atoms with Crippen molar-refractivity contribution in [2.24, 2.45) is 5.73 Å². The predicted octanol–water partition coefficient (Wildman–Crippen LogP) is 3.01. The topological polar surface area (TPSA) is 81.4 Å². The van der Waals surface area contributed by atoms with Crippen LogP contribution in [0.15, 0.2) is 42.5 Å². The van der Waals surface area contributed by atoms with Crippen molar-refractivity contribution in [1.29, 1.82) is 0 Å². The minimum Gasteiger partial charge on any atom is -0.483 e. The molecule has 0 spiro atoms.